The minimum Gasteiger partial charge on any atom is -0.504 e. The summed E-state index contributed by atoms with van der Waals surface area (Å²) in [5.74, 6) is -1.87. The average Bonchev–Trinajstić information content (AvgIpc) is 2.67. The normalized spacial score (nSPS) is 11.8. The molecule has 1 atom stereocenters. The number of phenolic OH excluding ortho intramolecular Hbond substituents is 2. The molecule has 0 fully saturated rings. The molecule has 0 radical (unpaired) electrons. The van der Waals surface area contributed by atoms with E-state index in [4.69, 9.17) is 14.2 Å². The highest BCUT2D eigenvalue weighted by Gasteiger charge is 2.22. The predicted molar refractivity (Wildman–Crippen MR) is 99.6 cm³/mol. The van der Waals surface area contributed by atoms with Gasteiger partial charge in [0.05, 0.1) is 14.2 Å². The van der Waals surface area contributed by atoms with Gasteiger partial charge in [0.1, 0.15) is 0 Å². The fraction of sp³-hybridized carbons (Fsp3) is 0.200. The molecule has 0 spiro atoms. The Balaban J connectivity index is 2.06. The largest absolute Gasteiger partial charge is 0.504 e. The molecule has 0 saturated heterocycles. The van der Waals surface area contributed by atoms with Gasteiger partial charge in [0.25, 0.3) is 0 Å². The quantitative estimate of drug-likeness (QED) is 0.465. The fourth-order valence-electron chi connectivity index (χ4n) is 2.40. The molecule has 1 unspecified atom stereocenters. The predicted octanol–water partition coefficient (Wildman–Crippen LogP) is 2.37. The van der Waals surface area contributed by atoms with Crippen LogP contribution in [-0.4, -0.2) is 47.6 Å². The van der Waals surface area contributed by atoms with Gasteiger partial charge in [0, 0.05) is 12.5 Å². The number of hydrogen-bond donors (Lipinski definition) is 3. The molecule has 0 aliphatic heterocycles. The molecule has 8 nitrogen and oxygen atoms in total. The van der Waals surface area contributed by atoms with Crippen LogP contribution in [0.25, 0.3) is 6.08 Å². The Kier molecular flexibility index (Phi) is 6.86. The van der Waals surface area contributed by atoms with Gasteiger partial charge >= 0.3 is 11.9 Å². The fourth-order valence-corrected chi connectivity index (χ4v) is 2.40. The van der Waals surface area contributed by atoms with Crippen molar-refractivity contribution in [3.8, 4) is 23.0 Å². The van der Waals surface area contributed by atoms with Crippen LogP contribution in [-0.2, 0) is 20.7 Å². The number of carbonyl (C=O) groups is 2. The Bertz CT molecular complexity index is 888. The van der Waals surface area contributed by atoms with Crippen LogP contribution in [0.4, 0.5) is 0 Å². The highest BCUT2D eigenvalue weighted by atomic mass is 16.6. The molecular weight excluding hydrogens is 368 g/mol. The Morgan fingerprint density at radius 3 is 2.32 bits per heavy atom. The van der Waals surface area contributed by atoms with E-state index in [0.29, 0.717) is 11.1 Å². The molecule has 0 bridgehead atoms. The van der Waals surface area contributed by atoms with Gasteiger partial charge in [-0.3, -0.25) is 0 Å². The van der Waals surface area contributed by atoms with Gasteiger partial charge in [-0.1, -0.05) is 12.1 Å². The van der Waals surface area contributed by atoms with Gasteiger partial charge in [0.2, 0.25) is 6.10 Å². The molecule has 0 aromatic heterocycles. The van der Waals surface area contributed by atoms with E-state index in [-0.39, 0.29) is 29.4 Å². The van der Waals surface area contributed by atoms with Crippen molar-refractivity contribution in [2.24, 2.45) is 0 Å². The van der Waals surface area contributed by atoms with Gasteiger partial charge in [-0.05, 0) is 41.5 Å². The first-order valence-electron chi connectivity index (χ1n) is 8.18. The van der Waals surface area contributed by atoms with Gasteiger partial charge < -0.3 is 29.5 Å². The van der Waals surface area contributed by atoms with Crippen LogP contribution in [0.2, 0.25) is 0 Å². The third kappa shape index (κ3) is 5.41. The van der Waals surface area contributed by atoms with E-state index in [9.17, 15) is 24.9 Å². The summed E-state index contributed by atoms with van der Waals surface area (Å²) in [7, 11) is 2.78. The molecule has 3 N–H and O–H groups in total. The van der Waals surface area contributed by atoms with E-state index >= 15 is 0 Å². The minimum atomic E-state index is -1.42. The van der Waals surface area contributed by atoms with Crippen molar-refractivity contribution >= 4 is 18.0 Å². The maximum atomic E-state index is 12.0. The number of ether oxygens (including phenoxy) is 3. The Morgan fingerprint density at radius 1 is 1.00 bits per heavy atom. The third-order valence-electron chi connectivity index (χ3n) is 3.81. The van der Waals surface area contributed by atoms with Crippen molar-refractivity contribution in [3.05, 3.63) is 53.6 Å². The number of phenols is 2. The lowest BCUT2D eigenvalue weighted by Gasteiger charge is -2.13. The van der Waals surface area contributed by atoms with E-state index in [0.717, 1.165) is 6.08 Å². The number of esters is 1. The molecule has 8 heteroatoms. The van der Waals surface area contributed by atoms with E-state index < -0.39 is 18.0 Å². The molecule has 148 valence electrons. The number of carboxylic acid groups (broad SMARTS) is 1. The summed E-state index contributed by atoms with van der Waals surface area (Å²) in [6.07, 6.45) is 0.920. The third-order valence-corrected chi connectivity index (χ3v) is 3.81. The number of hydrogen-bond acceptors (Lipinski definition) is 7. The Morgan fingerprint density at radius 2 is 1.71 bits per heavy atom. The number of aliphatic carboxylic acids is 1. The molecule has 0 heterocycles. The topological polar surface area (TPSA) is 123 Å². The minimum absolute atomic E-state index is 0.0826. The van der Waals surface area contributed by atoms with Crippen LogP contribution in [0.3, 0.4) is 0 Å². The van der Waals surface area contributed by atoms with Crippen LogP contribution in [0.5, 0.6) is 23.0 Å². The SMILES string of the molecule is COc1ccc(/C=C/C(=O)OC(Cc2ccc(O)c(OC)c2)C(=O)O)cc1O. The summed E-state index contributed by atoms with van der Waals surface area (Å²) in [6.45, 7) is 0. The number of rotatable bonds is 8. The number of benzene rings is 2. The Hall–Kier alpha value is -3.68. The van der Waals surface area contributed by atoms with Crippen molar-refractivity contribution in [2.45, 2.75) is 12.5 Å². The van der Waals surface area contributed by atoms with Crippen molar-refractivity contribution in [2.75, 3.05) is 14.2 Å². The van der Waals surface area contributed by atoms with Crippen LogP contribution in [0.1, 0.15) is 11.1 Å². The van der Waals surface area contributed by atoms with Crippen LogP contribution in [0.15, 0.2) is 42.5 Å². The lowest BCUT2D eigenvalue weighted by molar-refractivity contribution is -0.160. The monoisotopic (exact) mass is 388 g/mol. The zero-order valence-electron chi connectivity index (χ0n) is 15.3. The molecule has 2 aromatic carbocycles. The maximum Gasteiger partial charge on any atom is 0.345 e. The van der Waals surface area contributed by atoms with Gasteiger partial charge in [-0.2, -0.15) is 0 Å². The second-order valence-corrected chi connectivity index (χ2v) is 5.74. The molecule has 0 aliphatic rings. The molecule has 0 aliphatic carbocycles. The van der Waals surface area contributed by atoms with Gasteiger partial charge in [-0.25, -0.2) is 9.59 Å². The number of methoxy groups -OCH3 is 2. The lowest BCUT2D eigenvalue weighted by Crippen LogP contribution is -2.28. The van der Waals surface area contributed by atoms with Crippen molar-refractivity contribution in [1.82, 2.24) is 0 Å². The van der Waals surface area contributed by atoms with E-state index in [1.165, 1.54) is 50.6 Å². The van der Waals surface area contributed by atoms with Crippen LogP contribution < -0.4 is 9.47 Å². The van der Waals surface area contributed by atoms with Crippen molar-refractivity contribution < 1.29 is 39.1 Å². The van der Waals surface area contributed by atoms with Crippen LogP contribution >= 0.6 is 0 Å². The number of aromatic hydroxyl groups is 2. The van der Waals surface area contributed by atoms with Crippen molar-refractivity contribution in [1.29, 1.82) is 0 Å². The molecule has 0 saturated carbocycles. The zero-order chi connectivity index (χ0) is 20.7. The first-order chi connectivity index (χ1) is 13.3. The van der Waals surface area contributed by atoms with E-state index in [1.54, 1.807) is 6.07 Å². The molecule has 2 rings (SSSR count). The van der Waals surface area contributed by atoms with Gasteiger partial charge in [0.15, 0.2) is 23.0 Å². The van der Waals surface area contributed by atoms with Gasteiger partial charge in [-0.15, -0.1) is 0 Å². The smallest absolute Gasteiger partial charge is 0.345 e. The standard InChI is InChI=1S/C20H20O8/c1-26-16-7-4-12(9-15(16)22)5-8-19(23)28-18(20(24)25)11-13-3-6-14(21)17(10-13)27-2/h3-10,18,21-22H,11H2,1-2H3,(H,24,25)/b8-5+. The highest BCUT2D eigenvalue weighted by molar-refractivity contribution is 5.89. The highest BCUT2D eigenvalue weighted by Crippen LogP contribution is 2.28. The lowest BCUT2D eigenvalue weighted by atomic mass is 10.1. The molecule has 0 amide bonds. The summed E-state index contributed by atoms with van der Waals surface area (Å²) >= 11 is 0. The maximum absolute atomic E-state index is 12.0. The number of carbonyl (C=O) groups excluding carboxylic acids is 1. The molecular formula is C20H20O8. The summed E-state index contributed by atoms with van der Waals surface area (Å²) in [4.78, 5) is 23.4. The number of carboxylic acids is 1. The average molecular weight is 388 g/mol. The van der Waals surface area contributed by atoms with Crippen molar-refractivity contribution in [3.63, 3.8) is 0 Å². The zero-order valence-corrected chi connectivity index (χ0v) is 15.3. The van der Waals surface area contributed by atoms with E-state index in [1.807, 2.05) is 0 Å². The molecule has 28 heavy (non-hydrogen) atoms. The first-order valence-corrected chi connectivity index (χ1v) is 8.18. The summed E-state index contributed by atoms with van der Waals surface area (Å²) < 4.78 is 14.9. The first kappa shape index (κ1) is 20.6. The summed E-state index contributed by atoms with van der Waals surface area (Å²) in [6, 6.07) is 8.87. The second kappa shape index (κ2) is 9.31. The second-order valence-electron chi connectivity index (χ2n) is 5.74. The van der Waals surface area contributed by atoms with Crippen LogP contribution in [0, 0.1) is 0 Å². The summed E-state index contributed by atoms with van der Waals surface area (Å²) in [5.41, 5.74) is 1.02. The molecule has 2 aromatic rings. The Labute approximate surface area is 161 Å². The summed E-state index contributed by atoms with van der Waals surface area (Å²) in [5, 5.41) is 28.6. The van der Waals surface area contributed by atoms with E-state index in [2.05, 4.69) is 0 Å².